The molecule has 2 aliphatic heterocycles. The molecule has 2 saturated heterocycles. The first-order valence-electron chi connectivity index (χ1n) is 11.2. The number of imidazole rings is 1. The van der Waals surface area contributed by atoms with E-state index in [9.17, 15) is 14.0 Å². The van der Waals surface area contributed by atoms with E-state index in [2.05, 4.69) is 15.0 Å². The van der Waals surface area contributed by atoms with Crippen molar-refractivity contribution < 1.29 is 14.0 Å². The number of nitrogens with one attached hydrogen (secondary N) is 1. The fraction of sp³-hybridized carbons (Fsp3) is 0.417. The lowest BCUT2D eigenvalue weighted by atomic mass is 9.91. The van der Waals surface area contributed by atoms with E-state index < -0.39 is 0 Å². The van der Waals surface area contributed by atoms with Crippen LogP contribution in [0.1, 0.15) is 47.8 Å². The van der Waals surface area contributed by atoms with Gasteiger partial charge in [-0.15, -0.1) is 0 Å². The molecular formula is C24H26FN5O2. The molecule has 0 spiro atoms. The van der Waals surface area contributed by atoms with Gasteiger partial charge in [0.25, 0.3) is 5.91 Å². The Hall–Kier alpha value is -3.29. The molecule has 0 aliphatic carbocycles. The van der Waals surface area contributed by atoms with Gasteiger partial charge in [-0.1, -0.05) is 0 Å². The minimum Gasteiger partial charge on any atom is -0.342 e. The summed E-state index contributed by atoms with van der Waals surface area (Å²) in [7, 11) is 0. The number of H-pyrrole nitrogens is 1. The standard InChI is InChI=1S/C24H26FN5O2/c25-19-7-5-16(6-8-19)23(31)29-13-9-17(10-14-29)24(32)30-12-2-3-18(15-30)21-27-20-4-1-11-26-22(20)28-21/h1,4-8,11,17-18H,2-3,9-10,12-15H2,(H,26,27,28). The zero-order valence-electron chi connectivity index (χ0n) is 17.8. The van der Waals surface area contributed by atoms with Gasteiger partial charge < -0.3 is 14.8 Å². The highest BCUT2D eigenvalue weighted by molar-refractivity contribution is 5.94. The lowest BCUT2D eigenvalue weighted by Crippen LogP contribution is -2.47. The normalized spacial score (nSPS) is 20.0. The number of carbonyl (C=O) groups is 2. The van der Waals surface area contributed by atoms with E-state index in [4.69, 9.17) is 0 Å². The van der Waals surface area contributed by atoms with Crippen molar-refractivity contribution in [3.8, 4) is 0 Å². The van der Waals surface area contributed by atoms with Crippen molar-refractivity contribution in [2.24, 2.45) is 5.92 Å². The van der Waals surface area contributed by atoms with Crippen LogP contribution in [-0.4, -0.2) is 62.7 Å². The summed E-state index contributed by atoms with van der Waals surface area (Å²) in [5.74, 6) is 0.733. The van der Waals surface area contributed by atoms with Crippen molar-refractivity contribution in [2.45, 2.75) is 31.6 Å². The average molecular weight is 436 g/mol. The second kappa shape index (κ2) is 8.68. The van der Waals surface area contributed by atoms with Crippen molar-refractivity contribution in [3.05, 3.63) is 59.8 Å². The van der Waals surface area contributed by atoms with Gasteiger partial charge in [-0.05, 0) is 62.1 Å². The van der Waals surface area contributed by atoms with Crippen LogP contribution in [-0.2, 0) is 4.79 Å². The molecule has 0 bridgehead atoms. The van der Waals surface area contributed by atoms with Crippen LogP contribution in [0, 0.1) is 11.7 Å². The predicted molar refractivity (Wildman–Crippen MR) is 117 cm³/mol. The maximum Gasteiger partial charge on any atom is 0.253 e. The number of piperidine rings is 2. The number of nitrogens with zero attached hydrogens (tertiary/aromatic N) is 4. The molecule has 2 aromatic heterocycles. The topological polar surface area (TPSA) is 82.2 Å². The van der Waals surface area contributed by atoms with E-state index in [-0.39, 0.29) is 29.5 Å². The van der Waals surface area contributed by atoms with Crippen LogP contribution in [0.3, 0.4) is 0 Å². The van der Waals surface area contributed by atoms with Gasteiger partial charge in [0.1, 0.15) is 11.6 Å². The van der Waals surface area contributed by atoms with Gasteiger partial charge in [-0.3, -0.25) is 9.59 Å². The Bertz CT molecular complexity index is 1090. The third kappa shape index (κ3) is 4.09. The van der Waals surface area contributed by atoms with Crippen LogP contribution in [0.15, 0.2) is 42.6 Å². The summed E-state index contributed by atoms with van der Waals surface area (Å²) < 4.78 is 13.1. The maximum atomic E-state index is 13.2. The summed E-state index contributed by atoms with van der Waals surface area (Å²) in [5.41, 5.74) is 2.11. The molecule has 2 fully saturated rings. The molecule has 1 unspecified atom stereocenters. The molecule has 32 heavy (non-hydrogen) atoms. The molecule has 1 N–H and O–H groups in total. The lowest BCUT2D eigenvalue weighted by molar-refractivity contribution is -0.138. The Morgan fingerprint density at radius 1 is 1.00 bits per heavy atom. The van der Waals surface area contributed by atoms with Crippen molar-refractivity contribution in [1.82, 2.24) is 24.8 Å². The number of hydrogen-bond acceptors (Lipinski definition) is 4. The molecule has 4 heterocycles. The van der Waals surface area contributed by atoms with E-state index >= 15 is 0 Å². The monoisotopic (exact) mass is 435 g/mol. The Balaban J connectivity index is 1.19. The molecule has 0 saturated carbocycles. The highest BCUT2D eigenvalue weighted by Gasteiger charge is 2.33. The van der Waals surface area contributed by atoms with Gasteiger partial charge in [0, 0.05) is 49.8 Å². The number of halogens is 1. The smallest absolute Gasteiger partial charge is 0.253 e. The van der Waals surface area contributed by atoms with E-state index in [1.165, 1.54) is 24.3 Å². The fourth-order valence-corrected chi connectivity index (χ4v) is 4.82. The summed E-state index contributed by atoms with van der Waals surface area (Å²) in [4.78, 5) is 41.9. The maximum absolute atomic E-state index is 13.2. The van der Waals surface area contributed by atoms with Crippen molar-refractivity contribution in [2.75, 3.05) is 26.2 Å². The zero-order valence-corrected chi connectivity index (χ0v) is 17.8. The van der Waals surface area contributed by atoms with Crippen molar-refractivity contribution in [1.29, 1.82) is 0 Å². The van der Waals surface area contributed by atoms with Gasteiger partial charge in [-0.2, -0.15) is 0 Å². The Morgan fingerprint density at radius 2 is 1.78 bits per heavy atom. The summed E-state index contributed by atoms with van der Waals surface area (Å²) in [6.07, 6.45) is 4.98. The summed E-state index contributed by atoms with van der Waals surface area (Å²) in [6.45, 7) is 2.51. The Kier molecular flexibility index (Phi) is 5.59. The molecule has 8 heteroatoms. The number of rotatable bonds is 3. The first kappa shape index (κ1) is 20.6. The van der Waals surface area contributed by atoms with Crippen molar-refractivity contribution >= 4 is 23.0 Å². The molecule has 2 amide bonds. The number of carbonyl (C=O) groups excluding carboxylic acids is 2. The van der Waals surface area contributed by atoms with E-state index in [1.807, 2.05) is 17.0 Å². The molecule has 0 radical (unpaired) electrons. The first-order valence-corrected chi connectivity index (χ1v) is 11.2. The summed E-state index contributed by atoms with van der Waals surface area (Å²) >= 11 is 0. The average Bonchev–Trinajstić information content (AvgIpc) is 3.28. The lowest BCUT2D eigenvalue weighted by Gasteiger charge is -2.37. The zero-order chi connectivity index (χ0) is 22.1. The van der Waals surface area contributed by atoms with Gasteiger partial charge >= 0.3 is 0 Å². The summed E-state index contributed by atoms with van der Waals surface area (Å²) in [6, 6.07) is 9.47. The van der Waals surface area contributed by atoms with Gasteiger partial charge in [0.15, 0.2) is 5.65 Å². The Morgan fingerprint density at radius 3 is 2.53 bits per heavy atom. The number of benzene rings is 1. The van der Waals surface area contributed by atoms with Crippen LogP contribution >= 0.6 is 0 Å². The molecule has 166 valence electrons. The number of amides is 2. The minimum atomic E-state index is -0.357. The number of likely N-dealkylation sites (tertiary alicyclic amines) is 2. The first-order chi connectivity index (χ1) is 15.6. The predicted octanol–water partition coefficient (Wildman–Crippen LogP) is 3.36. The second-order valence-electron chi connectivity index (χ2n) is 8.69. The molecule has 1 aromatic carbocycles. The number of aromatic nitrogens is 3. The summed E-state index contributed by atoms with van der Waals surface area (Å²) in [5, 5.41) is 0. The fourth-order valence-electron chi connectivity index (χ4n) is 4.82. The minimum absolute atomic E-state index is 0.0663. The largest absolute Gasteiger partial charge is 0.342 e. The van der Waals surface area contributed by atoms with E-state index in [0.717, 1.165) is 30.7 Å². The SMILES string of the molecule is O=C(c1ccc(F)cc1)N1CCC(C(=O)N2CCCC(c3nc4ncccc4[nH]3)C2)CC1. The highest BCUT2D eigenvalue weighted by Crippen LogP contribution is 2.29. The van der Waals surface area contributed by atoms with Gasteiger partial charge in [0.2, 0.25) is 5.91 Å². The third-order valence-corrected chi connectivity index (χ3v) is 6.62. The Labute approximate surface area is 185 Å². The van der Waals surface area contributed by atoms with Crippen LogP contribution in [0.25, 0.3) is 11.2 Å². The molecule has 1 atom stereocenters. The quantitative estimate of drug-likeness (QED) is 0.684. The van der Waals surface area contributed by atoms with E-state index in [0.29, 0.717) is 43.7 Å². The van der Waals surface area contributed by atoms with Gasteiger partial charge in [-0.25, -0.2) is 14.4 Å². The van der Waals surface area contributed by atoms with Crippen LogP contribution in [0.4, 0.5) is 4.39 Å². The van der Waals surface area contributed by atoms with E-state index in [1.54, 1.807) is 11.1 Å². The molecular weight excluding hydrogens is 409 g/mol. The molecule has 7 nitrogen and oxygen atoms in total. The number of pyridine rings is 1. The number of fused-ring (bicyclic) bond motifs is 1. The molecule has 5 rings (SSSR count). The van der Waals surface area contributed by atoms with Crippen LogP contribution < -0.4 is 0 Å². The van der Waals surface area contributed by atoms with Crippen molar-refractivity contribution in [3.63, 3.8) is 0 Å². The third-order valence-electron chi connectivity index (χ3n) is 6.62. The highest BCUT2D eigenvalue weighted by atomic mass is 19.1. The molecule has 3 aromatic rings. The molecule has 2 aliphatic rings. The number of aromatic amines is 1. The van der Waals surface area contributed by atoms with Gasteiger partial charge in [0.05, 0.1) is 5.52 Å². The van der Waals surface area contributed by atoms with Crippen LogP contribution in [0.2, 0.25) is 0 Å². The second-order valence-corrected chi connectivity index (χ2v) is 8.69. The van der Waals surface area contributed by atoms with Crippen LogP contribution in [0.5, 0.6) is 0 Å². The number of hydrogen-bond donors (Lipinski definition) is 1.